The Morgan fingerprint density at radius 1 is 1.29 bits per heavy atom. The van der Waals surface area contributed by atoms with Crippen molar-refractivity contribution in [2.45, 2.75) is 33.1 Å². The van der Waals surface area contributed by atoms with Gasteiger partial charge in [0.1, 0.15) is 6.61 Å². The van der Waals surface area contributed by atoms with Crippen LogP contribution in [0.2, 0.25) is 0 Å². The Labute approximate surface area is 103 Å². The van der Waals surface area contributed by atoms with E-state index in [-0.39, 0.29) is 11.4 Å². The van der Waals surface area contributed by atoms with Crippen LogP contribution >= 0.6 is 0 Å². The lowest BCUT2D eigenvalue weighted by molar-refractivity contribution is -0.139. The molecule has 0 aliphatic carbocycles. The van der Waals surface area contributed by atoms with Crippen molar-refractivity contribution in [1.82, 2.24) is 0 Å². The molecule has 0 unspecified atom stereocenters. The van der Waals surface area contributed by atoms with Gasteiger partial charge in [-0.25, -0.2) is 0 Å². The minimum atomic E-state index is -0.251. The molecule has 1 aromatic rings. The van der Waals surface area contributed by atoms with Crippen LogP contribution in [0.3, 0.4) is 0 Å². The molecule has 2 heteroatoms. The summed E-state index contributed by atoms with van der Waals surface area (Å²) in [4.78, 5) is 10.6. The highest BCUT2D eigenvalue weighted by atomic mass is 16.5. The van der Waals surface area contributed by atoms with Crippen LogP contribution < -0.4 is 0 Å². The van der Waals surface area contributed by atoms with Gasteiger partial charge in [0.15, 0.2) is 0 Å². The highest BCUT2D eigenvalue weighted by Gasteiger charge is 2.15. The second kappa shape index (κ2) is 5.67. The summed E-state index contributed by atoms with van der Waals surface area (Å²) < 4.78 is 4.86. The Kier molecular flexibility index (Phi) is 4.50. The molecule has 0 spiro atoms. The van der Waals surface area contributed by atoms with Gasteiger partial charge >= 0.3 is 5.97 Å². The van der Waals surface area contributed by atoms with Gasteiger partial charge in [0, 0.05) is 6.92 Å². The van der Waals surface area contributed by atoms with Gasteiger partial charge in [-0.05, 0) is 22.6 Å². The summed E-state index contributed by atoms with van der Waals surface area (Å²) in [6.07, 6.45) is 3.87. The standard InChI is InChI=1S/C15H20O2/c1-12(16)17-11-7-9-13-8-5-6-10-14(13)15(2,3)4/h5-10H,11H2,1-4H3/b9-7+. The SMILES string of the molecule is CC(=O)OC/C=C/c1ccccc1C(C)(C)C. The van der Waals surface area contributed by atoms with Crippen LogP contribution in [0.5, 0.6) is 0 Å². The van der Waals surface area contributed by atoms with Gasteiger partial charge in [-0.1, -0.05) is 51.1 Å². The first-order valence-electron chi connectivity index (χ1n) is 5.80. The average molecular weight is 232 g/mol. The van der Waals surface area contributed by atoms with Crippen molar-refractivity contribution in [3.05, 3.63) is 41.5 Å². The van der Waals surface area contributed by atoms with Crippen LogP contribution in [0, 0.1) is 0 Å². The third kappa shape index (κ3) is 4.43. The number of esters is 1. The van der Waals surface area contributed by atoms with Crippen LogP contribution in [0.4, 0.5) is 0 Å². The lowest BCUT2D eigenvalue weighted by atomic mass is 9.84. The summed E-state index contributed by atoms with van der Waals surface area (Å²) in [6.45, 7) is 8.30. The van der Waals surface area contributed by atoms with Crippen LogP contribution in [-0.2, 0) is 14.9 Å². The molecule has 0 N–H and O–H groups in total. The minimum Gasteiger partial charge on any atom is -0.462 e. The van der Waals surface area contributed by atoms with Gasteiger partial charge in [-0.15, -0.1) is 0 Å². The van der Waals surface area contributed by atoms with Crippen molar-refractivity contribution in [2.75, 3.05) is 6.61 Å². The summed E-state index contributed by atoms with van der Waals surface area (Å²) in [7, 11) is 0. The zero-order valence-electron chi connectivity index (χ0n) is 11.0. The van der Waals surface area contributed by atoms with E-state index < -0.39 is 0 Å². The fourth-order valence-electron chi connectivity index (χ4n) is 1.67. The van der Waals surface area contributed by atoms with Crippen molar-refractivity contribution in [3.8, 4) is 0 Å². The van der Waals surface area contributed by atoms with Crippen molar-refractivity contribution >= 4 is 12.0 Å². The quantitative estimate of drug-likeness (QED) is 0.745. The zero-order chi connectivity index (χ0) is 12.9. The van der Waals surface area contributed by atoms with E-state index in [2.05, 4.69) is 32.9 Å². The second-order valence-electron chi connectivity index (χ2n) is 5.04. The molecule has 17 heavy (non-hydrogen) atoms. The van der Waals surface area contributed by atoms with Gasteiger partial charge < -0.3 is 4.74 Å². The van der Waals surface area contributed by atoms with E-state index in [1.165, 1.54) is 18.1 Å². The molecule has 92 valence electrons. The Balaban J connectivity index is 2.81. The maximum atomic E-state index is 10.6. The van der Waals surface area contributed by atoms with E-state index in [1.54, 1.807) is 0 Å². The number of rotatable bonds is 3. The number of ether oxygens (including phenoxy) is 1. The fourth-order valence-corrected chi connectivity index (χ4v) is 1.67. The molecule has 2 nitrogen and oxygen atoms in total. The molecule has 0 aliphatic heterocycles. The summed E-state index contributed by atoms with van der Waals surface area (Å²) >= 11 is 0. The van der Waals surface area contributed by atoms with Crippen molar-refractivity contribution in [3.63, 3.8) is 0 Å². The molecule has 0 fully saturated rings. The summed E-state index contributed by atoms with van der Waals surface area (Å²) in [5, 5.41) is 0. The molecule has 0 saturated carbocycles. The number of carbonyl (C=O) groups excluding carboxylic acids is 1. The molecule has 0 saturated heterocycles. The predicted octanol–water partition coefficient (Wildman–Crippen LogP) is 3.56. The average Bonchev–Trinajstić information content (AvgIpc) is 2.23. The maximum Gasteiger partial charge on any atom is 0.302 e. The first-order chi connectivity index (χ1) is 7.91. The number of carbonyl (C=O) groups is 1. The molecule has 1 rings (SSSR count). The van der Waals surface area contributed by atoms with Crippen molar-refractivity contribution in [2.24, 2.45) is 0 Å². The summed E-state index contributed by atoms with van der Waals surface area (Å²) in [6, 6.07) is 8.26. The molecule has 0 heterocycles. The largest absolute Gasteiger partial charge is 0.462 e. The van der Waals surface area contributed by atoms with Gasteiger partial charge in [-0.3, -0.25) is 4.79 Å². The highest BCUT2D eigenvalue weighted by molar-refractivity contribution is 5.66. The van der Waals surface area contributed by atoms with Gasteiger partial charge in [0.25, 0.3) is 0 Å². The molecule has 0 amide bonds. The molecule has 0 aromatic heterocycles. The number of hydrogen-bond donors (Lipinski definition) is 0. The van der Waals surface area contributed by atoms with E-state index in [0.29, 0.717) is 6.61 Å². The number of benzene rings is 1. The summed E-state index contributed by atoms with van der Waals surface area (Å²) in [5.41, 5.74) is 2.58. The molecule has 0 aliphatic rings. The minimum absolute atomic E-state index is 0.113. The lowest BCUT2D eigenvalue weighted by Gasteiger charge is -2.21. The van der Waals surface area contributed by atoms with Crippen LogP contribution in [0.1, 0.15) is 38.8 Å². The van der Waals surface area contributed by atoms with E-state index in [4.69, 9.17) is 4.74 Å². The van der Waals surface area contributed by atoms with E-state index in [1.807, 2.05) is 24.3 Å². The third-order valence-corrected chi connectivity index (χ3v) is 2.45. The Hall–Kier alpha value is -1.57. The third-order valence-electron chi connectivity index (χ3n) is 2.45. The predicted molar refractivity (Wildman–Crippen MR) is 70.8 cm³/mol. The monoisotopic (exact) mass is 232 g/mol. The Morgan fingerprint density at radius 2 is 1.94 bits per heavy atom. The zero-order valence-corrected chi connectivity index (χ0v) is 11.0. The van der Waals surface area contributed by atoms with Gasteiger partial charge in [0.05, 0.1) is 0 Å². The van der Waals surface area contributed by atoms with Crippen LogP contribution in [0.15, 0.2) is 30.3 Å². The Bertz CT molecular complexity index is 411. The molecule has 0 radical (unpaired) electrons. The smallest absolute Gasteiger partial charge is 0.302 e. The van der Waals surface area contributed by atoms with Crippen LogP contribution in [-0.4, -0.2) is 12.6 Å². The van der Waals surface area contributed by atoms with Gasteiger partial charge in [0.2, 0.25) is 0 Å². The fraction of sp³-hybridized carbons (Fsp3) is 0.400. The Morgan fingerprint density at radius 3 is 2.53 bits per heavy atom. The molecular weight excluding hydrogens is 212 g/mol. The van der Waals surface area contributed by atoms with E-state index >= 15 is 0 Å². The van der Waals surface area contributed by atoms with Crippen molar-refractivity contribution < 1.29 is 9.53 Å². The van der Waals surface area contributed by atoms with Crippen LogP contribution in [0.25, 0.3) is 6.08 Å². The molecule has 0 bridgehead atoms. The van der Waals surface area contributed by atoms with E-state index in [9.17, 15) is 4.79 Å². The highest BCUT2D eigenvalue weighted by Crippen LogP contribution is 2.26. The first kappa shape index (κ1) is 13.5. The second-order valence-corrected chi connectivity index (χ2v) is 5.04. The maximum absolute atomic E-state index is 10.6. The normalized spacial score (nSPS) is 11.8. The number of hydrogen-bond acceptors (Lipinski definition) is 2. The summed E-state index contributed by atoms with van der Waals surface area (Å²) in [5.74, 6) is -0.251. The first-order valence-corrected chi connectivity index (χ1v) is 5.80. The lowest BCUT2D eigenvalue weighted by Crippen LogP contribution is -2.12. The molecular formula is C15H20O2. The topological polar surface area (TPSA) is 26.3 Å². The molecule has 0 atom stereocenters. The van der Waals surface area contributed by atoms with E-state index in [0.717, 1.165) is 0 Å². The van der Waals surface area contributed by atoms with Crippen molar-refractivity contribution in [1.29, 1.82) is 0 Å². The molecule has 1 aromatic carbocycles. The van der Waals surface area contributed by atoms with Gasteiger partial charge in [-0.2, -0.15) is 0 Å².